The molecule has 0 radical (unpaired) electrons. The topological polar surface area (TPSA) is 20.2 Å². The maximum atomic E-state index is 9.05. The van der Waals surface area contributed by atoms with Gasteiger partial charge in [-0.2, -0.15) is 0 Å². The predicted molar refractivity (Wildman–Crippen MR) is 42.9 cm³/mol. The number of aliphatic hydroxyl groups is 1. The van der Waals surface area contributed by atoms with Crippen LogP contribution in [0.3, 0.4) is 0 Å². The van der Waals surface area contributed by atoms with E-state index in [1.807, 2.05) is 23.5 Å². The molecule has 9 heavy (non-hydrogen) atoms. The molecule has 0 unspecified atom stereocenters. The molecule has 2 fully saturated rings. The Morgan fingerprint density at radius 2 is 1.78 bits per heavy atom. The third kappa shape index (κ3) is 0.994. The Balaban J connectivity index is 1.95. The van der Waals surface area contributed by atoms with Crippen molar-refractivity contribution in [3.05, 3.63) is 0 Å². The van der Waals surface area contributed by atoms with Gasteiger partial charge in [0.05, 0.1) is 10.2 Å². The summed E-state index contributed by atoms with van der Waals surface area (Å²) >= 11 is 4.08. The highest BCUT2D eigenvalue weighted by Gasteiger charge is 2.46. The van der Waals surface area contributed by atoms with E-state index in [4.69, 9.17) is 5.11 Å². The van der Waals surface area contributed by atoms with Gasteiger partial charge in [0.2, 0.25) is 0 Å². The maximum Gasteiger partial charge on any atom is 0.0660 e. The molecule has 3 heteroatoms. The summed E-state index contributed by atoms with van der Waals surface area (Å²) in [5.41, 5.74) is 0. The lowest BCUT2D eigenvalue weighted by atomic mass is 9.95. The molecule has 0 bridgehead atoms. The summed E-state index contributed by atoms with van der Waals surface area (Å²) < 4.78 is 0.472. The summed E-state index contributed by atoms with van der Waals surface area (Å²) in [4.78, 5) is 0. The lowest BCUT2D eigenvalue weighted by Gasteiger charge is -2.40. The fraction of sp³-hybridized carbons (Fsp3) is 1.00. The number of rotatable bonds is 0. The normalized spacial score (nSPS) is 33.0. The first-order valence-electron chi connectivity index (χ1n) is 3.27. The van der Waals surface area contributed by atoms with Crippen molar-refractivity contribution in [1.82, 2.24) is 0 Å². The molecule has 0 aromatic carbocycles. The van der Waals surface area contributed by atoms with Gasteiger partial charge in [0.15, 0.2) is 0 Å². The van der Waals surface area contributed by atoms with Gasteiger partial charge in [0.1, 0.15) is 0 Å². The zero-order valence-electron chi connectivity index (χ0n) is 5.17. The Morgan fingerprint density at radius 1 is 1.22 bits per heavy atom. The van der Waals surface area contributed by atoms with Crippen molar-refractivity contribution >= 4 is 23.5 Å². The molecule has 1 heterocycles. The van der Waals surface area contributed by atoms with Crippen molar-refractivity contribution in [2.75, 3.05) is 11.5 Å². The minimum absolute atomic E-state index is 0.0168. The van der Waals surface area contributed by atoms with E-state index in [1.54, 1.807) is 0 Å². The summed E-state index contributed by atoms with van der Waals surface area (Å²) in [6.07, 6.45) is 2.08. The third-order valence-electron chi connectivity index (χ3n) is 1.91. The van der Waals surface area contributed by atoms with E-state index < -0.39 is 0 Å². The van der Waals surface area contributed by atoms with Crippen LogP contribution in [0.5, 0.6) is 0 Å². The second-order valence-corrected chi connectivity index (χ2v) is 5.88. The monoisotopic (exact) mass is 162 g/mol. The highest BCUT2D eigenvalue weighted by atomic mass is 32.2. The van der Waals surface area contributed by atoms with Gasteiger partial charge in [-0.3, -0.25) is 0 Å². The van der Waals surface area contributed by atoms with Gasteiger partial charge < -0.3 is 5.11 Å². The SMILES string of the molecule is OC1CC2(C1)SCCS2. The van der Waals surface area contributed by atoms with E-state index in [2.05, 4.69) is 0 Å². The maximum absolute atomic E-state index is 9.05. The van der Waals surface area contributed by atoms with E-state index in [-0.39, 0.29) is 6.10 Å². The standard InChI is InChI=1S/C6H10OS2/c7-5-3-6(4-5)8-1-2-9-6/h5,7H,1-4H2. The molecule has 1 aliphatic carbocycles. The van der Waals surface area contributed by atoms with Crippen molar-refractivity contribution < 1.29 is 5.11 Å². The summed E-state index contributed by atoms with van der Waals surface area (Å²) in [6.45, 7) is 0. The van der Waals surface area contributed by atoms with Crippen LogP contribution in [0, 0.1) is 0 Å². The Bertz CT molecular complexity index is 112. The molecule has 1 spiro atoms. The molecule has 1 N–H and O–H groups in total. The highest BCUT2D eigenvalue weighted by Crippen LogP contribution is 2.56. The van der Waals surface area contributed by atoms with Gasteiger partial charge in [0, 0.05) is 11.5 Å². The lowest BCUT2D eigenvalue weighted by Crippen LogP contribution is -2.39. The fourth-order valence-corrected chi connectivity index (χ4v) is 4.88. The predicted octanol–water partition coefficient (Wildman–Crippen LogP) is 1.32. The molecule has 2 rings (SSSR count). The average Bonchev–Trinajstić information content (AvgIpc) is 2.12. The van der Waals surface area contributed by atoms with E-state index >= 15 is 0 Å². The van der Waals surface area contributed by atoms with Crippen LogP contribution in [0.1, 0.15) is 12.8 Å². The van der Waals surface area contributed by atoms with E-state index in [9.17, 15) is 0 Å². The molecule has 2 aliphatic rings. The fourth-order valence-electron chi connectivity index (χ4n) is 1.39. The summed E-state index contributed by atoms with van der Waals surface area (Å²) in [5.74, 6) is 2.58. The molecule has 1 nitrogen and oxygen atoms in total. The minimum atomic E-state index is 0.0168. The number of hydrogen-bond acceptors (Lipinski definition) is 3. The number of aliphatic hydroxyl groups excluding tert-OH is 1. The average molecular weight is 162 g/mol. The van der Waals surface area contributed by atoms with Gasteiger partial charge in [-0.25, -0.2) is 0 Å². The highest BCUT2D eigenvalue weighted by molar-refractivity contribution is 8.21. The van der Waals surface area contributed by atoms with Crippen LogP contribution < -0.4 is 0 Å². The molecule has 0 aromatic rings. The molecule has 52 valence electrons. The van der Waals surface area contributed by atoms with Crippen molar-refractivity contribution in [2.45, 2.75) is 23.0 Å². The second-order valence-electron chi connectivity index (χ2n) is 2.67. The van der Waals surface area contributed by atoms with Gasteiger partial charge in [-0.15, -0.1) is 23.5 Å². The van der Waals surface area contributed by atoms with Crippen molar-refractivity contribution in [3.8, 4) is 0 Å². The quantitative estimate of drug-likeness (QED) is 0.580. The smallest absolute Gasteiger partial charge is 0.0660 e. The first-order valence-corrected chi connectivity index (χ1v) is 5.24. The molecule has 0 aromatic heterocycles. The van der Waals surface area contributed by atoms with Crippen LogP contribution in [0.2, 0.25) is 0 Å². The van der Waals surface area contributed by atoms with Crippen LogP contribution in [0.25, 0.3) is 0 Å². The second kappa shape index (κ2) is 2.07. The van der Waals surface area contributed by atoms with Crippen LogP contribution in [-0.4, -0.2) is 26.8 Å². The molecular formula is C6H10OS2. The summed E-state index contributed by atoms with van der Waals surface area (Å²) in [6, 6.07) is 0. The zero-order chi connectivity index (χ0) is 6.32. The van der Waals surface area contributed by atoms with Crippen molar-refractivity contribution in [1.29, 1.82) is 0 Å². The molecule has 0 amide bonds. The molecule has 1 saturated carbocycles. The van der Waals surface area contributed by atoms with E-state index in [0.29, 0.717) is 4.08 Å². The van der Waals surface area contributed by atoms with Crippen LogP contribution in [0.15, 0.2) is 0 Å². The Morgan fingerprint density at radius 3 is 2.22 bits per heavy atom. The Kier molecular flexibility index (Phi) is 1.47. The third-order valence-corrected chi connectivity index (χ3v) is 5.41. The first-order chi connectivity index (χ1) is 4.31. The minimum Gasteiger partial charge on any atom is -0.393 e. The first kappa shape index (κ1) is 6.38. The van der Waals surface area contributed by atoms with Crippen molar-refractivity contribution in [3.63, 3.8) is 0 Å². The van der Waals surface area contributed by atoms with E-state index in [0.717, 1.165) is 12.8 Å². The van der Waals surface area contributed by atoms with Gasteiger partial charge in [-0.05, 0) is 12.8 Å². The van der Waals surface area contributed by atoms with Gasteiger partial charge >= 0.3 is 0 Å². The van der Waals surface area contributed by atoms with Gasteiger partial charge in [0.25, 0.3) is 0 Å². The number of hydrogen-bond donors (Lipinski definition) is 1. The largest absolute Gasteiger partial charge is 0.393 e. The molecule has 1 aliphatic heterocycles. The number of thioether (sulfide) groups is 2. The molecular weight excluding hydrogens is 152 g/mol. The summed E-state index contributed by atoms with van der Waals surface area (Å²) in [5, 5.41) is 9.05. The van der Waals surface area contributed by atoms with Crippen molar-refractivity contribution in [2.24, 2.45) is 0 Å². The lowest BCUT2D eigenvalue weighted by molar-refractivity contribution is 0.0916. The van der Waals surface area contributed by atoms with Crippen LogP contribution in [0.4, 0.5) is 0 Å². The van der Waals surface area contributed by atoms with Crippen LogP contribution >= 0.6 is 23.5 Å². The van der Waals surface area contributed by atoms with Gasteiger partial charge in [-0.1, -0.05) is 0 Å². The molecule has 1 saturated heterocycles. The van der Waals surface area contributed by atoms with Crippen LogP contribution in [-0.2, 0) is 0 Å². The van der Waals surface area contributed by atoms with E-state index in [1.165, 1.54) is 11.5 Å². The Hall–Kier alpha value is 0.660. The Labute approximate surface area is 63.6 Å². The molecule has 0 atom stereocenters. The zero-order valence-corrected chi connectivity index (χ0v) is 6.80. The summed E-state index contributed by atoms with van der Waals surface area (Å²) in [7, 11) is 0.